The Kier molecular flexibility index (Phi) is 9.74. The van der Waals surface area contributed by atoms with Crippen molar-refractivity contribution in [2.45, 2.75) is 53.9 Å². The van der Waals surface area contributed by atoms with Gasteiger partial charge in [0.05, 0.1) is 0 Å². The van der Waals surface area contributed by atoms with E-state index in [2.05, 4.69) is 97.8 Å². The van der Waals surface area contributed by atoms with Gasteiger partial charge in [0.25, 0.3) is 0 Å². The first-order valence-corrected chi connectivity index (χ1v) is 16.6. The Morgan fingerprint density at radius 2 is 1.09 bits per heavy atom. The van der Waals surface area contributed by atoms with Gasteiger partial charge in [-0.2, -0.15) is 0 Å². The quantitative estimate of drug-likeness (QED) is 0.515. The minimum absolute atomic E-state index is 1.14. The molecule has 0 aliphatic heterocycles. The zero-order valence-electron chi connectivity index (χ0n) is 17.5. The summed E-state index contributed by atoms with van der Waals surface area (Å²) >= 11 is 0. The summed E-state index contributed by atoms with van der Waals surface area (Å²) in [5.41, 5.74) is 2.27. The molecule has 0 saturated heterocycles. The van der Waals surface area contributed by atoms with Gasteiger partial charge in [-0.25, -0.2) is 0 Å². The zero-order valence-corrected chi connectivity index (χ0v) is 20.6. The molecule has 0 radical (unpaired) electrons. The third-order valence-electron chi connectivity index (χ3n) is 5.26. The van der Waals surface area contributed by atoms with Crippen LogP contribution < -0.4 is 0 Å². The molecule has 1 atom stereocenters. The molecule has 0 rings (SSSR count). The Labute approximate surface area is 150 Å². The van der Waals surface area contributed by atoms with Crippen LogP contribution in [0.25, 0.3) is 0 Å². The fourth-order valence-electron chi connectivity index (χ4n) is 4.16. The van der Waals surface area contributed by atoms with Crippen LogP contribution in [0.4, 0.5) is 0 Å². The number of hydrogen-bond acceptors (Lipinski definition) is 4. The van der Waals surface area contributed by atoms with Crippen LogP contribution in [-0.2, 0) is 0 Å². The van der Waals surface area contributed by atoms with Gasteiger partial charge in [0, 0.05) is 0 Å². The molecule has 0 fully saturated rings. The van der Waals surface area contributed by atoms with Gasteiger partial charge in [-0.1, -0.05) is 33.4 Å². The van der Waals surface area contributed by atoms with E-state index < -0.39 is 25.9 Å². The summed E-state index contributed by atoms with van der Waals surface area (Å²) in [5, 5.41) is 0. The van der Waals surface area contributed by atoms with Crippen LogP contribution in [0, 0.1) is 0 Å². The van der Waals surface area contributed by atoms with Gasteiger partial charge in [-0.15, -0.1) is 6.58 Å². The highest BCUT2D eigenvalue weighted by atomic mass is 28.5. The lowest BCUT2D eigenvalue weighted by atomic mass is 10.7. The lowest BCUT2D eigenvalue weighted by molar-refractivity contribution is 0.404. The van der Waals surface area contributed by atoms with Crippen molar-refractivity contribution in [3.63, 3.8) is 0 Å². The second-order valence-electron chi connectivity index (χ2n) is 7.32. The van der Waals surface area contributed by atoms with Crippen LogP contribution in [0.5, 0.6) is 0 Å². The maximum atomic E-state index is 4.24. The van der Waals surface area contributed by atoms with Gasteiger partial charge in [0.1, 0.15) is 0 Å². The first-order valence-electron chi connectivity index (χ1n) is 9.14. The summed E-state index contributed by atoms with van der Waals surface area (Å²) in [4.78, 5) is 0. The molecule has 0 spiro atoms. The van der Waals surface area contributed by atoms with E-state index in [-0.39, 0.29) is 0 Å². The Morgan fingerprint density at radius 3 is 1.26 bits per heavy atom. The molecule has 0 aliphatic rings. The molecular weight excluding hydrogens is 332 g/mol. The minimum Gasteiger partial charge on any atom is -0.331 e. The Morgan fingerprint density at radius 1 is 0.783 bits per heavy atom. The molecule has 0 heterocycles. The van der Waals surface area contributed by atoms with Crippen LogP contribution >= 0.6 is 0 Å². The van der Waals surface area contributed by atoms with E-state index in [1.165, 1.54) is 0 Å². The van der Waals surface area contributed by atoms with Gasteiger partial charge in [-0.3, -0.25) is 0 Å². The van der Waals surface area contributed by atoms with Gasteiger partial charge < -0.3 is 17.6 Å². The lowest BCUT2D eigenvalue weighted by Crippen LogP contribution is -2.79. The molecule has 23 heavy (non-hydrogen) atoms. The fourth-order valence-corrected chi connectivity index (χ4v) is 23.3. The predicted octanol–water partition coefficient (Wildman–Crippen LogP) is 2.88. The van der Waals surface area contributed by atoms with E-state index in [0.29, 0.717) is 0 Å². The van der Waals surface area contributed by atoms with E-state index in [4.69, 9.17) is 0 Å². The second kappa shape index (κ2) is 9.65. The summed E-state index contributed by atoms with van der Waals surface area (Å²) in [7, 11) is -0.275. The second-order valence-corrected chi connectivity index (χ2v) is 19.9. The van der Waals surface area contributed by atoms with Crippen molar-refractivity contribution in [2.24, 2.45) is 0 Å². The van der Waals surface area contributed by atoms with Crippen LogP contribution in [0.2, 0.25) is 26.2 Å². The normalized spacial score (nSPS) is 15.0. The maximum absolute atomic E-state index is 4.24. The van der Waals surface area contributed by atoms with E-state index in [1.807, 2.05) is 0 Å². The molecule has 7 heteroatoms. The summed E-state index contributed by atoms with van der Waals surface area (Å²) in [6.45, 7) is 28.2. The van der Waals surface area contributed by atoms with Crippen molar-refractivity contribution in [2.75, 3.05) is 40.3 Å². The first-order chi connectivity index (χ1) is 10.6. The molecule has 0 N–H and O–H groups in total. The minimum atomic E-state index is -1.70. The van der Waals surface area contributed by atoms with Crippen molar-refractivity contribution in [1.82, 2.24) is 17.6 Å². The van der Waals surface area contributed by atoms with Gasteiger partial charge >= 0.3 is 0 Å². The molecule has 1 unspecified atom stereocenters. The van der Waals surface area contributed by atoms with E-state index >= 15 is 0 Å². The van der Waals surface area contributed by atoms with Crippen LogP contribution in [0.15, 0.2) is 12.3 Å². The van der Waals surface area contributed by atoms with Crippen LogP contribution in [0.3, 0.4) is 0 Å². The number of hydrogen-bond donors (Lipinski definition) is 0. The van der Waals surface area contributed by atoms with E-state index in [0.717, 1.165) is 26.2 Å². The molecule has 0 saturated carbocycles. The van der Waals surface area contributed by atoms with Crippen LogP contribution in [-0.4, -0.2) is 83.8 Å². The molecule has 138 valence electrons. The van der Waals surface area contributed by atoms with E-state index in [1.54, 1.807) is 0 Å². The third-order valence-corrected chi connectivity index (χ3v) is 22.6. The SMILES string of the molecule is C=C[SiH](N(C)C)N([Si](C)(C)N(CC)CC)[Si](C)(C)N(CC)CC. The third kappa shape index (κ3) is 5.10. The van der Waals surface area contributed by atoms with Gasteiger partial charge in [-0.05, 0) is 66.5 Å². The topological polar surface area (TPSA) is 13.0 Å². The van der Waals surface area contributed by atoms with E-state index in [9.17, 15) is 0 Å². The average Bonchev–Trinajstić information content (AvgIpc) is 2.45. The molecule has 0 aliphatic carbocycles. The Bertz CT molecular complexity index is 329. The summed E-state index contributed by atoms with van der Waals surface area (Å²) in [6.07, 6.45) is 0. The van der Waals surface area contributed by atoms with Gasteiger partial charge in [0.2, 0.25) is 9.12 Å². The van der Waals surface area contributed by atoms with Crippen molar-refractivity contribution in [1.29, 1.82) is 0 Å². The standard InChI is InChI=1S/C16H42N4Si3/c1-12-18(13-2)22(8,9)20(21(16-5)17(6)7)23(10,11)19(14-3)15-4/h16,21H,5,12-15H2,1-4,6-11H3. The molecule has 0 aromatic carbocycles. The maximum Gasteiger partial charge on any atom is 0.203 e. The van der Waals surface area contributed by atoms with Crippen LogP contribution in [0.1, 0.15) is 27.7 Å². The molecule has 0 aromatic heterocycles. The lowest BCUT2D eigenvalue weighted by Gasteiger charge is -2.57. The first kappa shape index (κ1) is 23.2. The summed E-state index contributed by atoms with van der Waals surface area (Å²) in [5.74, 6) is 0. The average molecular weight is 375 g/mol. The molecule has 0 bridgehead atoms. The molecule has 4 nitrogen and oxygen atoms in total. The Balaban J connectivity index is 6.15. The van der Waals surface area contributed by atoms with Crippen molar-refractivity contribution in [3.8, 4) is 0 Å². The fraction of sp³-hybridized carbons (Fsp3) is 0.875. The monoisotopic (exact) mass is 374 g/mol. The molecular formula is C16H42N4Si3. The Hall–Kier alpha value is 0.231. The number of nitrogens with zero attached hydrogens (tertiary/aromatic N) is 4. The predicted molar refractivity (Wildman–Crippen MR) is 114 cm³/mol. The summed E-state index contributed by atoms with van der Waals surface area (Å²) < 4.78 is 11.0. The van der Waals surface area contributed by atoms with Gasteiger partial charge in [0.15, 0.2) is 16.8 Å². The molecule has 0 amide bonds. The summed E-state index contributed by atoms with van der Waals surface area (Å²) in [6, 6.07) is 0. The van der Waals surface area contributed by atoms with Crippen molar-refractivity contribution in [3.05, 3.63) is 12.3 Å². The highest BCUT2D eigenvalue weighted by molar-refractivity contribution is 6.98. The largest absolute Gasteiger partial charge is 0.331 e. The smallest absolute Gasteiger partial charge is 0.203 e. The van der Waals surface area contributed by atoms with Crippen molar-refractivity contribution < 1.29 is 0 Å². The van der Waals surface area contributed by atoms with Crippen molar-refractivity contribution >= 4 is 25.9 Å². The zero-order chi connectivity index (χ0) is 18.4. The highest BCUT2D eigenvalue weighted by Gasteiger charge is 2.50. The highest BCUT2D eigenvalue weighted by Crippen LogP contribution is 2.28. The molecule has 0 aromatic rings. The number of rotatable bonds is 11.